The highest BCUT2D eigenvalue weighted by atomic mass is 19.4. The molecule has 0 fully saturated rings. The Labute approximate surface area is 202 Å². The van der Waals surface area contributed by atoms with Crippen LogP contribution in [0.3, 0.4) is 0 Å². The number of benzene rings is 2. The second-order valence-electron chi connectivity index (χ2n) is 7.74. The van der Waals surface area contributed by atoms with Gasteiger partial charge in [-0.05, 0) is 54.6 Å². The topological polar surface area (TPSA) is 136 Å². The molecule has 4 rings (SSSR count). The van der Waals surface area contributed by atoms with E-state index >= 15 is 0 Å². The van der Waals surface area contributed by atoms with Crippen LogP contribution < -0.4 is 10.5 Å². The quantitative estimate of drug-likeness (QED) is 0.354. The van der Waals surface area contributed by atoms with E-state index in [9.17, 15) is 28.2 Å². The van der Waals surface area contributed by atoms with Crippen molar-refractivity contribution in [3.05, 3.63) is 77.7 Å². The zero-order valence-corrected chi connectivity index (χ0v) is 18.8. The molecule has 0 saturated heterocycles. The van der Waals surface area contributed by atoms with Crippen molar-refractivity contribution in [2.45, 2.75) is 12.3 Å². The molecule has 0 saturated carbocycles. The van der Waals surface area contributed by atoms with Crippen molar-refractivity contribution in [3.8, 4) is 34.1 Å². The van der Waals surface area contributed by atoms with Crippen LogP contribution in [0.5, 0.6) is 11.5 Å². The fraction of sp³-hybridized carbons (Fsp3) is 0.167. The molecule has 1 atom stereocenters. The number of alkyl halides is 3. The molecule has 1 amide bonds. The van der Waals surface area contributed by atoms with E-state index < -0.39 is 30.4 Å². The molecule has 0 spiro atoms. The van der Waals surface area contributed by atoms with Crippen LogP contribution >= 0.6 is 0 Å². The van der Waals surface area contributed by atoms with Gasteiger partial charge in [0.15, 0.2) is 5.82 Å². The zero-order chi connectivity index (χ0) is 26.0. The van der Waals surface area contributed by atoms with Crippen LogP contribution in [0, 0.1) is 0 Å². The molecule has 0 unspecified atom stereocenters. The van der Waals surface area contributed by atoms with Gasteiger partial charge >= 0.3 is 6.18 Å². The lowest BCUT2D eigenvalue weighted by atomic mass is 10.1. The van der Waals surface area contributed by atoms with Crippen molar-refractivity contribution in [2.24, 2.45) is 12.8 Å². The number of ether oxygens (including phenoxy) is 1. The minimum Gasteiger partial charge on any atom is -0.457 e. The van der Waals surface area contributed by atoms with Crippen LogP contribution in [0.2, 0.25) is 0 Å². The lowest BCUT2D eigenvalue weighted by Crippen LogP contribution is -2.16. The van der Waals surface area contributed by atoms with Crippen LogP contribution in [0.1, 0.15) is 27.8 Å². The number of carbonyl (C=O) groups is 1. The number of hydrogen-bond donors (Lipinski definition) is 3. The molecule has 0 radical (unpaired) electrons. The standard InChI is InChI=1S/C24H20F3N5O4/c1-32-19(8-9-29-32)16-10-14(24(25,26)27)4-7-21(16)36-15-5-2-13(3-6-15)23-30-17(20(34)12-33)11-18(31-23)22(28)35/h2-11,20,33-34H,12H2,1H3,(H2,28,35)/t20-/m1/s1. The van der Waals surface area contributed by atoms with E-state index in [-0.39, 0.29) is 28.5 Å². The van der Waals surface area contributed by atoms with E-state index in [1.54, 1.807) is 37.4 Å². The monoisotopic (exact) mass is 499 g/mol. The molecule has 0 aliphatic heterocycles. The van der Waals surface area contributed by atoms with E-state index in [1.807, 2.05) is 0 Å². The van der Waals surface area contributed by atoms with Gasteiger partial charge in [-0.3, -0.25) is 9.48 Å². The Hall–Kier alpha value is -4.29. The van der Waals surface area contributed by atoms with Crippen LogP contribution in [0.15, 0.2) is 60.8 Å². The average molecular weight is 499 g/mol. The number of carbonyl (C=O) groups excluding carboxylic acids is 1. The normalized spacial score (nSPS) is 12.4. The summed E-state index contributed by atoms with van der Waals surface area (Å²) in [5, 5.41) is 23.2. The number of halogens is 3. The highest BCUT2D eigenvalue weighted by Gasteiger charge is 2.31. The Morgan fingerprint density at radius 1 is 1.11 bits per heavy atom. The number of aliphatic hydroxyl groups excluding tert-OH is 2. The van der Waals surface area contributed by atoms with E-state index in [0.717, 1.165) is 12.1 Å². The first-order valence-electron chi connectivity index (χ1n) is 10.5. The Morgan fingerprint density at radius 3 is 2.42 bits per heavy atom. The number of aromatic nitrogens is 4. The fourth-order valence-corrected chi connectivity index (χ4v) is 3.42. The molecule has 36 heavy (non-hydrogen) atoms. The van der Waals surface area contributed by atoms with Crippen molar-refractivity contribution in [3.63, 3.8) is 0 Å². The van der Waals surface area contributed by atoms with Gasteiger partial charge in [-0.15, -0.1) is 0 Å². The minimum atomic E-state index is -4.53. The Morgan fingerprint density at radius 2 is 1.83 bits per heavy atom. The first-order chi connectivity index (χ1) is 17.1. The van der Waals surface area contributed by atoms with Gasteiger partial charge in [0.25, 0.3) is 5.91 Å². The lowest BCUT2D eigenvalue weighted by Gasteiger charge is -2.15. The molecule has 2 aromatic carbocycles. The van der Waals surface area contributed by atoms with E-state index in [2.05, 4.69) is 15.1 Å². The number of aliphatic hydroxyl groups is 2. The molecule has 4 N–H and O–H groups in total. The summed E-state index contributed by atoms with van der Waals surface area (Å²) in [5.74, 6) is -0.274. The molecule has 9 nitrogen and oxygen atoms in total. The molecule has 12 heteroatoms. The summed E-state index contributed by atoms with van der Waals surface area (Å²) >= 11 is 0. The first kappa shape index (κ1) is 24.8. The van der Waals surface area contributed by atoms with Crippen LogP contribution in [-0.2, 0) is 13.2 Å². The van der Waals surface area contributed by atoms with Gasteiger partial charge in [0.05, 0.1) is 23.6 Å². The number of aryl methyl sites for hydroxylation is 1. The van der Waals surface area contributed by atoms with Crippen molar-refractivity contribution >= 4 is 5.91 Å². The summed E-state index contributed by atoms with van der Waals surface area (Å²) in [5.41, 5.74) is 5.43. The molecular formula is C24H20F3N5O4. The van der Waals surface area contributed by atoms with E-state index in [4.69, 9.17) is 10.5 Å². The van der Waals surface area contributed by atoms with Crippen molar-refractivity contribution in [2.75, 3.05) is 6.61 Å². The zero-order valence-electron chi connectivity index (χ0n) is 18.8. The smallest absolute Gasteiger partial charge is 0.416 e. The van der Waals surface area contributed by atoms with E-state index in [1.165, 1.54) is 23.0 Å². The maximum Gasteiger partial charge on any atom is 0.416 e. The Balaban J connectivity index is 1.68. The largest absolute Gasteiger partial charge is 0.457 e. The fourth-order valence-electron chi connectivity index (χ4n) is 3.42. The van der Waals surface area contributed by atoms with Gasteiger partial charge in [0.2, 0.25) is 0 Å². The second-order valence-corrected chi connectivity index (χ2v) is 7.74. The maximum absolute atomic E-state index is 13.3. The summed E-state index contributed by atoms with van der Waals surface area (Å²) in [6.45, 7) is -0.618. The third-order valence-corrected chi connectivity index (χ3v) is 5.26. The molecule has 0 aliphatic rings. The molecular weight excluding hydrogens is 479 g/mol. The number of nitrogens with zero attached hydrogens (tertiary/aromatic N) is 4. The first-order valence-corrected chi connectivity index (χ1v) is 10.5. The number of nitrogens with two attached hydrogens (primary N) is 1. The maximum atomic E-state index is 13.3. The summed E-state index contributed by atoms with van der Waals surface area (Å²) in [4.78, 5) is 19.9. The van der Waals surface area contributed by atoms with Crippen LogP contribution in [-0.4, -0.2) is 42.5 Å². The third kappa shape index (κ3) is 5.19. The predicted molar refractivity (Wildman–Crippen MR) is 122 cm³/mol. The molecule has 2 heterocycles. The molecule has 0 aliphatic carbocycles. The highest BCUT2D eigenvalue weighted by molar-refractivity contribution is 5.91. The summed E-state index contributed by atoms with van der Waals surface area (Å²) in [7, 11) is 1.61. The molecule has 186 valence electrons. The summed E-state index contributed by atoms with van der Waals surface area (Å²) in [6, 6.07) is 12.2. The average Bonchev–Trinajstić information content (AvgIpc) is 3.28. The van der Waals surface area contributed by atoms with Gasteiger partial charge in [-0.1, -0.05) is 0 Å². The Bertz CT molecular complexity index is 1400. The molecule has 0 bridgehead atoms. The van der Waals surface area contributed by atoms with Crippen LogP contribution in [0.25, 0.3) is 22.6 Å². The molecule has 2 aromatic heterocycles. The van der Waals surface area contributed by atoms with Gasteiger partial charge in [0, 0.05) is 24.4 Å². The third-order valence-electron chi connectivity index (χ3n) is 5.26. The van der Waals surface area contributed by atoms with Gasteiger partial charge < -0.3 is 20.7 Å². The number of amides is 1. The number of rotatable bonds is 7. The van der Waals surface area contributed by atoms with Crippen molar-refractivity contribution in [1.82, 2.24) is 19.7 Å². The minimum absolute atomic E-state index is 0.0159. The van der Waals surface area contributed by atoms with E-state index in [0.29, 0.717) is 17.0 Å². The van der Waals surface area contributed by atoms with Crippen LogP contribution in [0.4, 0.5) is 13.2 Å². The van der Waals surface area contributed by atoms with Crippen molar-refractivity contribution in [1.29, 1.82) is 0 Å². The highest BCUT2D eigenvalue weighted by Crippen LogP contribution is 2.39. The SMILES string of the molecule is Cn1nccc1-c1cc(C(F)(F)F)ccc1Oc1ccc(-c2nc(C(N)=O)cc([C@H](O)CO)n2)cc1. The van der Waals surface area contributed by atoms with Crippen molar-refractivity contribution < 1.29 is 32.9 Å². The number of primary amides is 1. The predicted octanol–water partition coefficient (Wildman–Crippen LogP) is 3.48. The lowest BCUT2D eigenvalue weighted by molar-refractivity contribution is -0.137. The molecule has 4 aromatic rings. The summed E-state index contributed by atoms with van der Waals surface area (Å²) < 4.78 is 47.3. The van der Waals surface area contributed by atoms with Gasteiger partial charge in [-0.2, -0.15) is 18.3 Å². The number of hydrogen-bond acceptors (Lipinski definition) is 7. The van der Waals surface area contributed by atoms with Gasteiger partial charge in [0.1, 0.15) is 23.3 Å². The second kappa shape index (κ2) is 9.76. The van der Waals surface area contributed by atoms with Gasteiger partial charge in [-0.25, -0.2) is 9.97 Å². The summed E-state index contributed by atoms with van der Waals surface area (Å²) in [6.07, 6.45) is -4.40. The Kier molecular flexibility index (Phi) is 6.73.